The highest BCUT2D eigenvalue weighted by atomic mass is 16.5. The number of nitrogens with zero attached hydrogens (tertiary/aromatic N) is 2. The summed E-state index contributed by atoms with van der Waals surface area (Å²) < 4.78 is 7.80. The largest absolute Gasteiger partial charge is 0.396 e. The van der Waals surface area contributed by atoms with E-state index in [1.807, 2.05) is 14.1 Å². The number of nitrogens with one attached hydrogen (secondary N) is 1. The second kappa shape index (κ2) is 6.96. The third-order valence-corrected chi connectivity index (χ3v) is 4.26. The lowest BCUT2D eigenvalue weighted by atomic mass is 10.1. The normalized spacial score (nSPS) is 25.0. The summed E-state index contributed by atoms with van der Waals surface area (Å²) in [6.07, 6.45) is 0.787. The maximum atomic E-state index is 11.9. The number of hydrogen-bond donors (Lipinski definition) is 3. The molecule has 1 aromatic rings. The number of ether oxygens (including phenoxy) is 1. The topological polar surface area (TPSA) is 105 Å². The first kappa shape index (κ1) is 17.9. The Kier molecular flexibility index (Phi) is 5.41. The molecule has 130 valence electrons. The lowest BCUT2D eigenvalue weighted by Crippen LogP contribution is -2.48. The summed E-state index contributed by atoms with van der Waals surface area (Å²) in [5, 5.41) is 19.2. The average Bonchev–Trinajstić information content (AvgIpc) is 2.81. The zero-order valence-electron chi connectivity index (χ0n) is 13.9. The van der Waals surface area contributed by atoms with Crippen LogP contribution in [-0.4, -0.2) is 70.2 Å². The van der Waals surface area contributed by atoms with Crippen LogP contribution in [0.2, 0.25) is 0 Å². The number of aryl methyl sites for hydroxylation is 1. The zero-order chi connectivity index (χ0) is 17.2. The first-order chi connectivity index (χ1) is 10.7. The van der Waals surface area contributed by atoms with Gasteiger partial charge >= 0.3 is 5.69 Å². The summed E-state index contributed by atoms with van der Waals surface area (Å²) in [6, 6.07) is 0. The monoisotopic (exact) mass is 328 g/mol. The van der Waals surface area contributed by atoms with Crippen molar-refractivity contribution in [2.75, 3.05) is 33.8 Å². The zero-order valence-corrected chi connectivity index (χ0v) is 13.9. The van der Waals surface area contributed by atoms with Gasteiger partial charge in [0, 0.05) is 31.2 Å². The van der Waals surface area contributed by atoms with E-state index in [1.54, 1.807) is 6.92 Å². The number of rotatable bonds is 6. The van der Waals surface area contributed by atoms with Gasteiger partial charge in [-0.05, 0) is 6.92 Å². The Hall–Kier alpha value is -1.48. The van der Waals surface area contributed by atoms with Gasteiger partial charge in [0.15, 0.2) is 0 Å². The lowest BCUT2D eigenvalue weighted by molar-refractivity contribution is -0.894. The second-order valence-corrected chi connectivity index (χ2v) is 6.83. The third kappa shape index (κ3) is 4.29. The molecule has 0 bridgehead atoms. The van der Waals surface area contributed by atoms with E-state index < -0.39 is 29.7 Å². The van der Waals surface area contributed by atoms with E-state index in [0.29, 0.717) is 29.4 Å². The summed E-state index contributed by atoms with van der Waals surface area (Å²) >= 11 is 0. The number of likely N-dealkylation sites (N-methyl/N-ethyl adjacent to an activating group) is 1. The Morgan fingerprint density at radius 3 is 2.78 bits per heavy atom. The molecule has 8 heteroatoms. The Labute approximate surface area is 134 Å². The van der Waals surface area contributed by atoms with Gasteiger partial charge in [0.1, 0.15) is 18.9 Å². The van der Waals surface area contributed by atoms with Gasteiger partial charge < -0.3 is 19.4 Å². The minimum atomic E-state index is -0.675. The van der Waals surface area contributed by atoms with Gasteiger partial charge in [0.2, 0.25) is 0 Å². The van der Waals surface area contributed by atoms with Crippen LogP contribution < -0.4 is 11.2 Å². The van der Waals surface area contributed by atoms with Crippen molar-refractivity contribution >= 4 is 0 Å². The number of aromatic amines is 1. The van der Waals surface area contributed by atoms with Crippen LogP contribution in [0.3, 0.4) is 0 Å². The van der Waals surface area contributed by atoms with Crippen LogP contribution in [0.25, 0.3) is 0 Å². The number of H-pyrrole nitrogens is 1. The molecule has 0 amide bonds. The van der Waals surface area contributed by atoms with Gasteiger partial charge in [-0.1, -0.05) is 0 Å². The highest BCUT2D eigenvalue weighted by molar-refractivity contribution is 5.02. The van der Waals surface area contributed by atoms with Gasteiger partial charge in [0.05, 0.1) is 26.7 Å². The van der Waals surface area contributed by atoms with E-state index in [0.717, 1.165) is 6.54 Å². The van der Waals surface area contributed by atoms with Crippen LogP contribution in [0, 0.1) is 6.92 Å². The fraction of sp³-hybridized carbons (Fsp3) is 0.733. The Bertz CT molecular complexity index is 651. The van der Waals surface area contributed by atoms with Crippen molar-refractivity contribution in [2.24, 2.45) is 0 Å². The minimum absolute atomic E-state index is 0.129. The summed E-state index contributed by atoms with van der Waals surface area (Å²) in [5.74, 6) is 0. The van der Waals surface area contributed by atoms with E-state index in [4.69, 9.17) is 9.84 Å². The van der Waals surface area contributed by atoms with Crippen LogP contribution >= 0.6 is 0 Å². The highest BCUT2D eigenvalue weighted by Gasteiger charge is 2.39. The molecule has 0 saturated carbocycles. The lowest BCUT2D eigenvalue weighted by Gasteiger charge is -2.32. The van der Waals surface area contributed by atoms with Crippen LogP contribution in [-0.2, 0) is 4.74 Å². The molecule has 3 N–H and O–H groups in total. The van der Waals surface area contributed by atoms with Crippen molar-refractivity contribution in [2.45, 2.75) is 38.2 Å². The van der Waals surface area contributed by atoms with Gasteiger partial charge in [-0.15, -0.1) is 0 Å². The molecule has 0 aromatic carbocycles. The molecule has 1 aliphatic rings. The van der Waals surface area contributed by atoms with Gasteiger partial charge in [-0.25, -0.2) is 4.79 Å². The van der Waals surface area contributed by atoms with Crippen LogP contribution in [0.1, 0.15) is 24.6 Å². The van der Waals surface area contributed by atoms with E-state index in [9.17, 15) is 14.7 Å². The molecule has 0 unspecified atom stereocenters. The predicted molar refractivity (Wildman–Crippen MR) is 84.1 cm³/mol. The third-order valence-electron chi connectivity index (χ3n) is 4.26. The second-order valence-electron chi connectivity index (χ2n) is 6.83. The number of aliphatic hydroxyl groups excluding tert-OH is 2. The minimum Gasteiger partial charge on any atom is -0.396 e. The first-order valence-electron chi connectivity index (χ1n) is 7.82. The van der Waals surface area contributed by atoms with Crippen molar-refractivity contribution in [3.8, 4) is 0 Å². The highest BCUT2D eigenvalue weighted by Crippen LogP contribution is 2.28. The van der Waals surface area contributed by atoms with Gasteiger partial charge in [-0.2, -0.15) is 0 Å². The molecular weight excluding hydrogens is 302 g/mol. The van der Waals surface area contributed by atoms with Crippen molar-refractivity contribution in [3.05, 3.63) is 32.6 Å². The summed E-state index contributed by atoms with van der Waals surface area (Å²) in [5.41, 5.74) is -0.527. The van der Waals surface area contributed by atoms with E-state index in [-0.39, 0.29) is 6.61 Å². The number of hydrogen-bond acceptors (Lipinski definition) is 5. The number of quaternary nitrogens is 1. The van der Waals surface area contributed by atoms with Crippen molar-refractivity contribution in [3.63, 3.8) is 0 Å². The Morgan fingerprint density at radius 1 is 1.43 bits per heavy atom. The molecule has 0 aliphatic carbocycles. The average molecular weight is 328 g/mol. The SMILES string of the molecule is Cc1cn([C@H]2C[C@H](O)[C@@H](C[N+](C)(C)CCCO)O2)c(=O)[nH]c1=O. The molecule has 1 saturated heterocycles. The summed E-state index contributed by atoms with van der Waals surface area (Å²) in [6.45, 7) is 3.09. The standard InChI is InChI=1S/C15H25N3O5/c1-10-8-17(15(22)16-14(10)21)13-7-11(20)12(23-13)9-18(2,3)5-4-6-19/h8,11-13,19-20H,4-7,9H2,1-3H3/p+1/t11-,12+,13+/m0/s1. The molecule has 2 heterocycles. The fourth-order valence-electron chi connectivity index (χ4n) is 2.93. The maximum Gasteiger partial charge on any atom is 0.330 e. The predicted octanol–water partition coefficient (Wildman–Crippen LogP) is -1.05. The van der Waals surface area contributed by atoms with Crippen LogP contribution in [0.4, 0.5) is 0 Å². The summed E-state index contributed by atoms with van der Waals surface area (Å²) in [4.78, 5) is 25.6. The van der Waals surface area contributed by atoms with Crippen molar-refractivity contribution in [1.82, 2.24) is 9.55 Å². The number of aromatic nitrogens is 2. The molecule has 1 aromatic heterocycles. The van der Waals surface area contributed by atoms with Crippen molar-refractivity contribution < 1.29 is 19.4 Å². The maximum absolute atomic E-state index is 11.9. The molecule has 8 nitrogen and oxygen atoms in total. The van der Waals surface area contributed by atoms with E-state index in [2.05, 4.69) is 4.98 Å². The molecule has 2 rings (SSSR count). The Balaban J connectivity index is 2.11. The van der Waals surface area contributed by atoms with Gasteiger partial charge in [0.25, 0.3) is 5.56 Å². The van der Waals surface area contributed by atoms with Crippen LogP contribution in [0.15, 0.2) is 15.8 Å². The Morgan fingerprint density at radius 2 is 2.13 bits per heavy atom. The molecule has 3 atom stereocenters. The molecule has 1 aliphatic heterocycles. The van der Waals surface area contributed by atoms with E-state index in [1.165, 1.54) is 10.8 Å². The van der Waals surface area contributed by atoms with Crippen molar-refractivity contribution in [1.29, 1.82) is 0 Å². The molecule has 23 heavy (non-hydrogen) atoms. The number of aliphatic hydroxyl groups is 2. The molecule has 0 spiro atoms. The molecule has 1 fully saturated rings. The first-order valence-corrected chi connectivity index (χ1v) is 7.82. The van der Waals surface area contributed by atoms with E-state index >= 15 is 0 Å². The molecule has 0 radical (unpaired) electrons. The summed E-state index contributed by atoms with van der Waals surface area (Å²) in [7, 11) is 4.02. The smallest absolute Gasteiger partial charge is 0.330 e. The van der Waals surface area contributed by atoms with Gasteiger partial charge in [-0.3, -0.25) is 14.3 Å². The van der Waals surface area contributed by atoms with Crippen LogP contribution in [0.5, 0.6) is 0 Å². The molecular formula is C15H26N3O5+. The fourth-order valence-corrected chi connectivity index (χ4v) is 2.93. The quantitative estimate of drug-likeness (QED) is 0.578.